The Balaban J connectivity index is 2.69. The van der Waals surface area contributed by atoms with Gasteiger partial charge in [0.15, 0.2) is 5.78 Å². The zero-order valence-corrected chi connectivity index (χ0v) is 8.92. The average Bonchev–Trinajstić information content (AvgIpc) is 2.16. The zero-order valence-electron chi connectivity index (χ0n) is 8.92. The van der Waals surface area contributed by atoms with Crippen LogP contribution in [0.1, 0.15) is 35.2 Å². The summed E-state index contributed by atoms with van der Waals surface area (Å²) in [5.74, 6) is -0.346. The number of halogens is 1. The van der Waals surface area contributed by atoms with E-state index in [-0.39, 0.29) is 11.6 Å². The first kappa shape index (κ1) is 11.6. The van der Waals surface area contributed by atoms with Gasteiger partial charge < -0.3 is 0 Å². The molecule has 1 rings (SSSR count). The summed E-state index contributed by atoms with van der Waals surface area (Å²) in [5, 5.41) is 0. The minimum Gasteiger partial charge on any atom is -0.294 e. The average molecular weight is 206 g/mol. The van der Waals surface area contributed by atoms with Crippen LogP contribution in [-0.2, 0) is 0 Å². The van der Waals surface area contributed by atoms with E-state index in [4.69, 9.17) is 0 Å². The molecule has 1 aromatic carbocycles. The number of allylic oxidation sites excluding steroid dienone is 1. The van der Waals surface area contributed by atoms with Crippen molar-refractivity contribution in [3.8, 4) is 0 Å². The predicted octanol–water partition coefficient (Wildman–Crippen LogP) is 3.67. The van der Waals surface area contributed by atoms with E-state index in [1.807, 2.05) is 0 Å². The second kappa shape index (κ2) is 5.44. The summed E-state index contributed by atoms with van der Waals surface area (Å²) in [6, 6.07) is 4.43. The molecule has 0 saturated heterocycles. The van der Waals surface area contributed by atoms with Crippen LogP contribution in [0.25, 0.3) is 0 Å². The molecule has 0 radical (unpaired) electrons. The number of benzene rings is 1. The third kappa shape index (κ3) is 3.66. The molecule has 0 aliphatic heterocycles. The van der Waals surface area contributed by atoms with Crippen molar-refractivity contribution in [3.05, 3.63) is 47.8 Å². The molecule has 0 bridgehead atoms. The van der Waals surface area contributed by atoms with E-state index >= 15 is 0 Å². The zero-order chi connectivity index (χ0) is 11.3. The Hall–Kier alpha value is -1.44. The number of ketones is 1. The molecule has 0 atom stereocenters. The molecular formula is C13H15FO. The van der Waals surface area contributed by atoms with Gasteiger partial charge in [-0.05, 0) is 43.5 Å². The molecule has 80 valence electrons. The van der Waals surface area contributed by atoms with E-state index < -0.39 is 0 Å². The molecule has 0 spiro atoms. The van der Waals surface area contributed by atoms with Crippen molar-refractivity contribution < 1.29 is 9.18 Å². The lowest BCUT2D eigenvalue weighted by atomic mass is 10.0. The maximum atomic E-state index is 13.0. The van der Waals surface area contributed by atoms with E-state index in [1.54, 1.807) is 19.1 Å². The van der Waals surface area contributed by atoms with Crippen molar-refractivity contribution in [3.63, 3.8) is 0 Å². The highest BCUT2D eigenvalue weighted by molar-refractivity contribution is 5.96. The maximum Gasteiger partial charge on any atom is 0.162 e. The lowest BCUT2D eigenvalue weighted by molar-refractivity contribution is 0.0980. The van der Waals surface area contributed by atoms with Crippen LogP contribution in [0, 0.1) is 12.7 Å². The fourth-order valence-corrected chi connectivity index (χ4v) is 1.45. The van der Waals surface area contributed by atoms with Gasteiger partial charge in [0.1, 0.15) is 5.82 Å². The number of unbranched alkanes of at least 4 members (excludes halogenated alkanes) is 1. The van der Waals surface area contributed by atoms with Gasteiger partial charge in [-0.25, -0.2) is 4.39 Å². The number of hydrogen-bond donors (Lipinski definition) is 0. The van der Waals surface area contributed by atoms with E-state index in [9.17, 15) is 9.18 Å². The summed E-state index contributed by atoms with van der Waals surface area (Å²) in [7, 11) is 0. The van der Waals surface area contributed by atoms with Gasteiger partial charge in [0.2, 0.25) is 0 Å². The quantitative estimate of drug-likeness (QED) is 0.408. The molecule has 0 unspecified atom stereocenters. The number of hydrogen-bond acceptors (Lipinski definition) is 1. The molecule has 15 heavy (non-hydrogen) atoms. The fraction of sp³-hybridized carbons (Fsp3) is 0.308. The first-order chi connectivity index (χ1) is 7.13. The predicted molar refractivity (Wildman–Crippen MR) is 59.5 cm³/mol. The standard InChI is InChI=1S/C13H15FO/c1-3-4-5-6-13(15)11-7-10(2)8-12(14)9-11/h3,7-9H,1,4-6H2,2H3. The van der Waals surface area contributed by atoms with Crippen LogP contribution < -0.4 is 0 Å². The minimum absolute atomic E-state index is 0.000509. The second-order valence-electron chi connectivity index (χ2n) is 3.62. The Morgan fingerprint density at radius 2 is 2.20 bits per heavy atom. The van der Waals surface area contributed by atoms with Gasteiger partial charge in [0, 0.05) is 12.0 Å². The molecule has 0 saturated carbocycles. The summed E-state index contributed by atoms with van der Waals surface area (Å²) in [6.45, 7) is 5.37. The largest absolute Gasteiger partial charge is 0.294 e. The van der Waals surface area contributed by atoms with Crippen molar-refractivity contribution in [2.45, 2.75) is 26.2 Å². The van der Waals surface area contributed by atoms with Crippen molar-refractivity contribution in [1.29, 1.82) is 0 Å². The minimum atomic E-state index is -0.345. The third-order valence-corrected chi connectivity index (χ3v) is 2.18. The molecule has 0 aromatic heterocycles. The Bertz CT molecular complexity index is 349. The molecule has 0 heterocycles. The van der Waals surface area contributed by atoms with Gasteiger partial charge >= 0.3 is 0 Å². The first-order valence-electron chi connectivity index (χ1n) is 5.05. The van der Waals surface area contributed by atoms with Crippen LogP contribution in [0.15, 0.2) is 30.9 Å². The molecule has 1 nitrogen and oxygen atoms in total. The van der Waals surface area contributed by atoms with E-state index in [0.29, 0.717) is 12.0 Å². The normalized spacial score (nSPS) is 10.0. The highest BCUT2D eigenvalue weighted by Gasteiger charge is 2.07. The van der Waals surface area contributed by atoms with Gasteiger partial charge in [0.05, 0.1) is 0 Å². The van der Waals surface area contributed by atoms with Crippen molar-refractivity contribution in [1.82, 2.24) is 0 Å². The van der Waals surface area contributed by atoms with Crippen LogP contribution in [0.4, 0.5) is 4.39 Å². The molecule has 0 fully saturated rings. The molecule has 1 aromatic rings. The topological polar surface area (TPSA) is 17.1 Å². The van der Waals surface area contributed by atoms with E-state index in [0.717, 1.165) is 18.4 Å². The van der Waals surface area contributed by atoms with E-state index in [1.165, 1.54) is 12.1 Å². The van der Waals surface area contributed by atoms with Gasteiger partial charge in [-0.3, -0.25) is 4.79 Å². The van der Waals surface area contributed by atoms with Crippen LogP contribution in [-0.4, -0.2) is 5.78 Å². The number of Topliss-reactive ketones (excluding diaryl/α,β-unsaturated/α-hetero) is 1. The van der Waals surface area contributed by atoms with Crippen molar-refractivity contribution >= 4 is 5.78 Å². The summed E-state index contributed by atoms with van der Waals surface area (Å²) < 4.78 is 13.0. The molecule has 0 N–H and O–H groups in total. The Morgan fingerprint density at radius 3 is 2.80 bits per heavy atom. The lowest BCUT2D eigenvalue weighted by Gasteiger charge is -2.02. The lowest BCUT2D eigenvalue weighted by Crippen LogP contribution is -2.00. The summed E-state index contributed by atoms with van der Waals surface area (Å²) in [5.41, 5.74) is 1.25. The van der Waals surface area contributed by atoms with Crippen LogP contribution in [0.2, 0.25) is 0 Å². The molecule has 0 amide bonds. The van der Waals surface area contributed by atoms with Crippen LogP contribution in [0.5, 0.6) is 0 Å². The maximum absolute atomic E-state index is 13.0. The SMILES string of the molecule is C=CCCCC(=O)c1cc(C)cc(F)c1. The molecule has 2 heteroatoms. The Morgan fingerprint density at radius 1 is 1.47 bits per heavy atom. The van der Waals surface area contributed by atoms with Gasteiger partial charge in [0.25, 0.3) is 0 Å². The van der Waals surface area contributed by atoms with Crippen molar-refractivity contribution in [2.24, 2.45) is 0 Å². The fourth-order valence-electron chi connectivity index (χ4n) is 1.45. The summed E-state index contributed by atoms with van der Waals surface area (Å²) >= 11 is 0. The Kier molecular flexibility index (Phi) is 4.22. The van der Waals surface area contributed by atoms with Gasteiger partial charge in [-0.15, -0.1) is 6.58 Å². The highest BCUT2D eigenvalue weighted by Crippen LogP contribution is 2.12. The second-order valence-corrected chi connectivity index (χ2v) is 3.62. The number of rotatable bonds is 5. The molecule has 0 aliphatic carbocycles. The third-order valence-electron chi connectivity index (χ3n) is 2.18. The summed E-state index contributed by atoms with van der Waals surface area (Å²) in [6.07, 6.45) is 3.83. The Labute approximate surface area is 89.6 Å². The number of carbonyl (C=O) groups is 1. The molecular weight excluding hydrogens is 191 g/mol. The molecule has 0 aliphatic rings. The first-order valence-corrected chi connectivity index (χ1v) is 5.05. The van der Waals surface area contributed by atoms with Crippen molar-refractivity contribution in [2.75, 3.05) is 0 Å². The summed E-state index contributed by atoms with van der Waals surface area (Å²) in [4.78, 5) is 11.6. The number of aryl methyl sites for hydroxylation is 1. The van der Waals surface area contributed by atoms with Crippen LogP contribution in [0.3, 0.4) is 0 Å². The van der Waals surface area contributed by atoms with Gasteiger partial charge in [-0.2, -0.15) is 0 Å². The smallest absolute Gasteiger partial charge is 0.162 e. The van der Waals surface area contributed by atoms with E-state index in [2.05, 4.69) is 6.58 Å². The monoisotopic (exact) mass is 206 g/mol. The van der Waals surface area contributed by atoms with Crippen LogP contribution >= 0.6 is 0 Å². The number of carbonyl (C=O) groups excluding carboxylic acids is 1. The highest BCUT2D eigenvalue weighted by atomic mass is 19.1. The van der Waals surface area contributed by atoms with Gasteiger partial charge in [-0.1, -0.05) is 6.08 Å².